The van der Waals surface area contributed by atoms with E-state index < -0.39 is 6.04 Å². The highest BCUT2D eigenvalue weighted by Gasteiger charge is 2.36. The van der Waals surface area contributed by atoms with Crippen LogP contribution >= 0.6 is 11.3 Å². The van der Waals surface area contributed by atoms with E-state index in [1.807, 2.05) is 5.38 Å². The molecule has 0 spiro atoms. The third-order valence-corrected chi connectivity index (χ3v) is 5.98. The summed E-state index contributed by atoms with van der Waals surface area (Å²) in [6.45, 7) is 0.417. The zero-order valence-electron chi connectivity index (χ0n) is 17.4. The van der Waals surface area contributed by atoms with Gasteiger partial charge in [0.2, 0.25) is 0 Å². The van der Waals surface area contributed by atoms with E-state index in [0.29, 0.717) is 29.4 Å². The van der Waals surface area contributed by atoms with Gasteiger partial charge in [-0.2, -0.15) is 5.10 Å². The van der Waals surface area contributed by atoms with Crippen molar-refractivity contribution in [2.24, 2.45) is 5.10 Å². The minimum atomic E-state index is -0.446. The van der Waals surface area contributed by atoms with Crippen LogP contribution in [0.15, 0.2) is 69.7 Å². The van der Waals surface area contributed by atoms with Gasteiger partial charge in [0.25, 0.3) is 11.8 Å². The lowest BCUT2D eigenvalue weighted by Crippen LogP contribution is -2.42. The van der Waals surface area contributed by atoms with Gasteiger partial charge >= 0.3 is 0 Å². The van der Waals surface area contributed by atoms with Crippen LogP contribution in [0.25, 0.3) is 0 Å². The Morgan fingerprint density at radius 1 is 1.25 bits per heavy atom. The molecule has 1 atom stereocenters. The second-order valence-electron chi connectivity index (χ2n) is 7.22. The number of furan rings is 1. The van der Waals surface area contributed by atoms with Crippen molar-refractivity contribution in [2.75, 3.05) is 26.8 Å². The monoisotopic (exact) mass is 455 g/mol. The summed E-state index contributed by atoms with van der Waals surface area (Å²) in [5.41, 5.74) is 1.37. The maximum atomic E-state index is 13.3. The largest absolute Gasteiger partial charge is 0.467 e. The van der Waals surface area contributed by atoms with Crippen LogP contribution in [-0.4, -0.2) is 54.2 Å². The Labute approximate surface area is 188 Å². The van der Waals surface area contributed by atoms with Gasteiger partial charge in [-0.3, -0.25) is 9.59 Å². The normalized spacial score (nSPS) is 15.6. The number of methoxy groups -OCH3 is 1. The number of nitrogens with zero attached hydrogens (tertiary/aromatic N) is 3. The van der Waals surface area contributed by atoms with E-state index in [0.717, 1.165) is 5.56 Å². The number of thiophene rings is 1. The Kier molecular flexibility index (Phi) is 6.77. The zero-order chi connectivity index (χ0) is 22.5. The van der Waals surface area contributed by atoms with Gasteiger partial charge in [0, 0.05) is 20.1 Å². The van der Waals surface area contributed by atoms with Crippen LogP contribution in [0, 0.1) is 5.82 Å². The van der Waals surface area contributed by atoms with E-state index in [9.17, 15) is 14.0 Å². The molecule has 1 aromatic carbocycles. The summed E-state index contributed by atoms with van der Waals surface area (Å²) in [5, 5.41) is 7.71. The van der Waals surface area contributed by atoms with Gasteiger partial charge < -0.3 is 14.1 Å². The average Bonchev–Trinajstić information content (AvgIpc) is 3.57. The van der Waals surface area contributed by atoms with Crippen molar-refractivity contribution in [1.82, 2.24) is 9.91 Å². The van der Waals surface area contributed by atoms with Gasteiger partial charge in [0.15, 0.2) is 0 Å². The second-order valence-corrected chi connectivity index (χ2v) is 8.17. The summed E-state index contributed by atoms with van der Waals surface area (Å²) in [4.78, 5) is 28.2. The molecule has 0 saturated heterocycles. The number of rotatable bonds is 8. The van der Waals surface area contributed by atoms with E-state index in [1.54, 1.807) is 49.8 Å². The molecule has 1 aliphatic heterocycles. The Morgan fingerprint density at radius 2 is 2.06 bits per heavy atom. The predicted octanol–water partition coefficient (Wildman–Crippen LogP) is 3.95. The molecule has 7 nitrogen and oxygen atoms in total. The minimum absolute atomic E-state index is 0.155. The molecule has 1 unspecified atom stereocenters. The fourth-order valence-electron chi connectivity index (χ4n) is 3.51. The molecule has 0 fully saturated rings. The van der Waals surface area contributed by atoms with E-state index >= 15 is 0 Å². The molecule has 0 radical (unpaired) electrons. The maximum Gasteiger partial charge on any atom is 0.264 e. The fourth-order valence-corrected chi connectivity index (χ4v) is 4.20. The zero-order valence-corrected chi connectivity index (χ0v) is 18.3. The Bertz CT molecular complexity index is 1080. The first-order valence-corrected chi connectivity index (χ1v) is 11.0. The third kappa shape index (κ3) is 4.79. The van der Waals surface area contributed by atoms with Crippen molar-refractivity contribution in [2.45, 2.75) is 12.5 Å². The molecule has 32 heavy (non-hydrogen) atoms. The molecule has 0 aliphatic carbocycles. The van der Waals surface area contributed by atoms with Crippen molar-refractivity contribution in [1.29, 1.82) is 0 Å². The van der Waals surface area contributed by atoms with E-state index in [4.69, 9.17) is 9.15 Å². The summed E-state index contributed by atoms with van der Waals surface area (Å²) >= 11 is 1.32. The first-order chi connectivity index (χ1) is 15.6. The third-order valence-electron chi connectivity index (χ3n) is 5.13. The number of amides is 2. The number of hydrogen-bond acceptors (Lipinski definition) is 6. The highest BCUT2D eigenvalue weighted by molar-refractivity contribution is 7.12. The lowest BCUT2D eigenvalue weighted by Gasteiger charge is -2.25. The molecular formula is C23H22FN3O4S. The van der Waals surface area contributed by atoms with Gasteiger partial charge in [0.05, 0.1) is 23.5 Å². The van der Waals surface area contributed by atoms with Crippen LogP contribution in [0.2, 0.25) is 0 Å². The number of halogens is 1. The van der Waals surface area contributed by atoms with Crippen molar-refractivity contribution >= 4 is 28.9 Å². The lowest BCUT2D eigenvalue weighted by atomic mass is 10.0. The number of carbonyl (C=O) groups excluding carboxylic acids is 2. The summed E-state index contributed by atoms with van der Waals surface area (Å²) < 4.78 is 24.0. The predicted molar refractivity (Wildman–Crippen MR) is 118 cm³/mol. The van der Waals surface area contributed by atoms with Gasteiger partial charge in [0.1, 0.15) is 24.2 Å². The molecule has 9 heteroatoms. The molecule has 3 heterocycles. The van der Waals surface area contributed by atoms with E-state index in [-0.39, 0.29) is 30.7 Å². The van der Waals surface area contributed by atoms with Gasteiger partial charge in [-0.1, -0.05) is 18.2 Å². The molecular weight excluding hydrogens is 433 g/mol. The molecule has 2 aromatic heterocycles. The van der Waals surface area contributed by atoms with Crippen LogP contribution in [0.5, 0.6) is 0 Å². The first-order valence-electron chi connectivity index (χ1n) is 10.1. The highest BCUT2D eigenvalue weighted by Crippen LogP contribution is 2.33. The Hall–Kier alpha value is -3.30. The van der Waals surface area contributed by atoms with Crippen molar-refractivity contribution in [3.63, 3.8) is 0 Å². The van der Waals surface area contributed by atoms with E-state index in [2.05, 4.69) is 5.10 Å². The van der Waals surface area contributed by atoms with Crippen LogP contribution in [0.1, 0.15) is 33.5 Å². The molecule has 1 aliphatic rings. The molecule has 0 saturated carbocycles. The maximum absolute atomic E-state index is 13.3. The van der Waals surface area contributed by atoms with Crippen LogP contribution in [0.4, 0.5) is 4.39 Å². The summed E-state index contributed by atoms with van der Waals surface area (Å²) in [6, 6.07) is 12.6. The quantitative estimate of drug-likeness (QED) is 0.516. The summed E-state index contributed by atoms with van der Waals surface area (Å²) in [5.74, 6) is -0.331. The SMILES string of the molecule is COCCN(CC(=O)N1N=C(c2ccc(F)cc2)CC1c1ccco1)C(=O)c1cccs1. The second kappa shape index (κ2) is 9.88. The topological polar surface area (TPSA) is 75.3 Å². The van der Waals surface area contributed by atoms with Crippen molar-refractivity contribution in [3.05, 3.63) is 82.2 Å². The number of hydrazone groups is 1. The van der Waals surface area contributed by atoms with Gasteiger partial charge in [-0.15, -0.1) is 11.3 Å². The molecule has 2 amide bonds. The van der Waals surface area contributed by atoms with Crippen molar-refractivity contribution in [3.8, 4) is 0 Å². The Balaban J connectivity index is 1.58. The molecule has 4 rings (SSSR count). The standard InChI is InChI=1S/C23H22FN3O4S/c1-30-12-10-26(23(29)21-5-3-13-32-21)15-22(28)27-19(20-4-2-11-31-20)14-18(25-27)16-6-8-17(24)9-7-16/h2-9,11,13,19H,10,12,14-15H2,1H3. The van der Waals surface area contributed by atoms with E-state index in [1.165, 1.54) is 33.4 Å². The minimum Gasteiger partial charge on any atom is -0.467 e. The molecule has 3 aromatic rings. The molecule has 0 bridgehead atoms. The number of ether oxygens (including phenoxy) is 1. The Morgan fingerprint density at radius 3 is 2.72 bits per heavy atom. The molecule has 166 valence electrons. The van der Waals surface area contributed by atoms with Crippen molar-refractivity contribution < 1.29 is 23.1 Å². The first kappa shape index (κ1) is 21.9. The van der Waals surface area contributed by atoms with Crippen LogP contribution in [-0.2, 0) is 9.53 Å². The highest BCUT2D eigenvalue weighted by atomic mass is 32.1. The van der Waals surface area contributed by atoms with Crippen LogP contribution in [0.3, 0.4) is 0 Å². The van der Waals surface area contributed by atoms with Crippen LogP contribution < -0.4 is 0 Å². The van der Waals surface area contributed by atoms with Gasteiger partial charge in [-0.05, 0) is 41.3 Å². The fraction of sp³-hybridized carbons (Fsp3) is 0.261. The smallest absolute Gasteiger partial charge is 0.264 e. The van der Waals surface area contributed by atoms with Gasteiger partial charge in [-0.25, -0.2) is 9.40 Å². The lowest BCUT2D eigenvalue weighted by molar-refractivity contribution is -0.134. The summed E-state index contributed by atoms with van der Waals surface area (Å²) in [7, 11) is 1.54. The number of benzene rings is 1. The number of carbonyl (C=O) groups is 2. The molecule has 0 N–H and O–H groups in total. The summed E-state index contributed by atoms with van der Waals surface area (Å²) in [6.07, 6.45) is 1.96. The average molecular weight is 456 g/mol. The number of hydrogen-bond donors (Lipinski definition) is 0.